The monoisotopic (exact) mass is 389 g/mol. The van der Waals surface area contributed by atoms with Crippen molar-refractivity contribution in [2.24, 2.45) is 0 Å². The molecule has 0 saturated heterocycles. The van der Waals surface area contributed by atoms with Crippen molar-refractivity contribution < 1.29 is 14.6 Å². The minimum Gasteiger partial charge on any atom is -0.497 e. The topological polar surface area (TPSA) is 58.6 Å². The zero-order chi connectivity index (χ0) is 17.2. The van der Waals surface area contributed by atoms with Crippen molar-refractivity contribution in [3.63, 3.8) is 0 Å². The van der Waals surface area contributed by atoms with Gasteiger partial charge in [-0.05, 0) is 48.2 Å². The normalized spacial score (nSPS) is 16.3. The van der Waals surface area contributed by atoms with Crippen LogP contribution in [0, 0.1) is 0 Å². The number of halogens is 1. The van der Waals surface area contributed by atoms with Crippen molar-refractivity contribution in [1.29, 1.82) is 0 Å². The maximum atomic E-state index is 12.6. The van der Waals surface area contributed by atoms with E-state index in [1.807, 2.05) is 24.3 Å². The lowest BCUT2D eigenvalue weighted by atomic mass is 9.95. The van der Waals surface area contributed by atoms with Crippen LogP contribution >= 0.6 is 15.9 Å². The van der Waals surface area contributed by atoms with E-state index in [1.165, 1.54) is 0 Å². The smallest absolute Gasteiger partial charge is 0.230 e. The van der Waals surface area contributed by atoms with Crippen molar-refractivity contribution in [1.82, 2.24) is 5.32 Å². The highest BCUT2D eigenvalue weighted by atomic mass is 79.9. The van der Waals surface area contributed by atoms with Gasteiger partial charge in [-0.1, -0.05) is 40.2 Å². The second kappa shape index (κ2) is 6.95. The maximum absolute atomic E-state index is 12.6. The van der Waals surface area contributed by atoms with Gasteiger partial charge < -0.3 is 15.2 Å². The summed E-state index contributed by atoms with van der Waals surface area (Å²) in [5, 5.41) is 13.2. The minimum atomic E-state index is -0.736. The van der Waals surface area contributed by atoms with Crippen LogP contribution in [0.25, 0.3) is 0 Å². The molecular weight excluding hydrogens is 370 g/mol. The molecule has 1 fully saturated rings. The number of aliphatic hydroxyl groups is 1. The SMILES string of the molecule is COc1ccc(C(O)CNC(=O)C2(c3ccc(Br)cc3)CC2)cc1. The van der Waals surface area contributed by atoms with Crippen molar-refractivity contribution in [3.8, 4) is 5.75 Å². The molecule has 1 saturated carbocycles. The maximum Gasteiger partial charge on any atom is 0.230 e. The number of rotatable bonds is 6. The van der Waals surface area contributed by atoms with E-state index in [0.29, 0.717) is 0 Å². The van der Waals surface area contributed by atoms with E-state index in [2.05, 4.69) is 21.2 Å². The van der Waals surface area contributed by atoms with E-state index in [1.54, 1.807) is 31.4 Å². The lowest BCUT2D eigenvalue weighted by Gasteiger charge is -2.18. The molecule has 3 rings (SSSR count). The fraction of sp³-hybridized carbons (Fsp3) is 0.316. The molecule has 4 nitrogen and oxygen atoms in total. The van der Waals surface area contributed by atoms with Crippen LogP contribution in [-0.4, -0.2) is 24.7 Å². The number of benzene rings is 2. The molecule has 126 valence electrons. The molecule has 0 bridgehead atoms. The number of amides is 1. The average molecular weight is 390 g/mol. The summed E-state index contributed by atoms with van der Waals surface area (Å²) in [5.41, 5.74) is 1.35. The fourth-order valence-electron chi connectivity index (χ4n) is 2.84. The number of methoxy groups -OCH3 is 1. The van der Waals surface area contributed by atoms with E-state index in [4.69, 9.17) is 4.74 Å². The predicted octanol–water partition coefficient (Wildman–Crippen LogP) is 3.34. The van der Waals surface area contributed by atoms with Gasteiger partial charge in [0.2, 0.25) is 5.91 Å². The van der Waals surface area contributed by atoms with Crippen molar-refractivity contribution in [2.75, 3.05) is 13.7 Å². The van der Waals surface area contributed by atoms with Crippen molar-refractivity contribution >= 4 is 21.8 Å². The van der Waals surface area contributed by atoms with E-state index in [-0.39, 0.29) is 12.5 Å². The first-order chi connectivity index (χ1) is 11.5. The van der Waals surface area contributed by atoms with Crippen LogP contribution in [0.3, 0.4) is 0 Å². The molecular formula is C19H20BrNO3. The Bertz CT molecular complexity index is 708. The molecule has 0 spiro atoms. The van der Waals surface area contributed by atoms with E-state index >= 15 is 0 Å². The molecule has 1 unspecified atom stereocenters. The second-order valence-corrected chi connectivity index (χ2v) is 7.00. The first kappa shape index (κ1) is 17.0. The Kier molecular flexibility index (Phi) is 4.92. The van der Waals surface area contributed by atoms with Gasteiger partial charge in [-0.15, -0.1) is 0 Å². The number of carbonyl (C=O) groups is 1. The van der Waals surface area contributed by atoms with Crippen LogP contribution in [-0.2, 0) is 10.2 Å². The summed E-state index contributed by atoms with van der Waals surface area (Å²) in [7, 11) is 1.60. The molecule has 1 amide bonds. The highest BCUT2D eigenvalue weighted by Gasteiger charge is 2.51. The highest BCUT2D eigenvalue weighted by molar-refractivity contribution is 9.10. The van der Waals surface area contributed by atoms with Crippen LogP contribution < -0.4 is 10.1 Å². The highest BCUT2D eigenvalue weighted by Crippen LogP contribution is 2.48. The standard InChI is InChI=1S/C19H20BrNO3/c1-24-16-8-2-13(3-9-16)17(22)12-21-18(23)19(10-11-19)14-4-6-15(20)7-5-14/h2-9,17,22H,10-12H2,1H3,(H,21,23). The number of aliphatic hydroxyl groups excluding tert-OH is 1. The lowest BCUT2D eigenvalue weighted by molar-refractivity contribution is -0.124. The summed E-state index contributed by atoms with van der Waals surface area (Å²) in [6, 6.07) is 15.1. The third-order valence-electron chi connectivity index (χ3n) is 4.54. The minimum absolute atomic E-state index is 0.0163. The molecule has 2 aromatic rings. The number of ether oxygens (including phenoxy) is 1. The van der Waals surface area contributed by atoms with Crippen LogP contribution in [0.15, 0.2) is 53.0 Å². The molecule has 2 N–H and O–H groups in total. The molecule has 1 atom stereocenters. The Morgan fingerprint density at radius 3 is 2.38 bits per heavy atom. The van der Waals surface area contributed by atoms with Crippen LogP contribution in [0.4, 0.5) is 0 Å². The molecule has 0 aromatic heterocycles. The Labute approximate surface area is 150 Å². The Morgan fingerprint density at radius 1 is 1.21 bits per heavy atom. The van der Waals surface area contributed by atoms with E-state index in [9.17, 15) is 9.90 Å². The van der Waals surface area contributed by atoms with E-state index in [0.717, 1.165) is 34.2 Å². The Morgan fingerprint density at radius 2 is 1.83 bits per heavy atom. The average Bonchev–Trinajstić information content (AvgIpc) is 3.42. The van der Waals surface area contributed by atoms with Gasteiger partial charge in [0, 0.05) is 11.0 Å². The Hall–Kier alpha value is -1.85. The number of hydrogen-bond acceptors (Lipinski definition) is 3. The molecule has 5 heteroatoms. The van der Waals surface area contributed by atoms with Gasteiger partial charge >= 0.3 is 0 Å². The third-order valence-corrected chi connectivity index (χ3v) is 5.07. The first-order valence-electron chi connectivity index (χ1n) is 7.91. The van der Waals surface area contributed by atoms with Gasteiger partial charge in [-0.3, -0.25) is 4.79 Å². The predicted molar refractivity (Wildman–Crippen MR) is 96.0 cm³/mol. The van der Waals surface area contributed by atoms with Crippen molar-refractivity contribution in [2.45, 2.75) is 24.4 Å². The largest absolute Gasteiger partial charge is 0.497 e. The summed E-state index contributed by atoms with van der Waals surface area (Å²) >= 11 is 3.41. The lowest BCUT2D eigenvalue weighted by Crippen LogP contribution is -2.37. The molecule has 0 aliphatic heterocycles. The molecule has 0 heterocycles. The molecule has 2 aromatic carbocycles. The molecule has 1 aliphatic carbocycles. The van der Waals surface area contributed by atoms with Crippen LogP contribution in [0.1, 0.15) is 30.1 Å². The van der Waals surface area contributed by atoms with Crippen LogP contribution in [0.2, 0.25) is 0 Å². The number of hydrogen-bond donors (Lipinski definition) is 2. The molecule has 0 radical (unpaired) electrons. The van der Waals surface area contributed by atoms with Gasteiger partial charge in [-0.25, -0.2) is 0 Å². The van der Waals surface area contributed by atoms with Gasteiger partial charge in [0.25, 0.3) is 0 Å². The summed E-state index contributed by atoms with van der Waals surface area (Å²) in [5.74, 6) is 0.722. The fourth-order valence-corrected chi connectivity index (χ4v) is 3.11. The Balaban J connectivity index is 1.61. The first-order valence-corrected chi connectivity index (χ1v) is 8.71. The third kappa shape index (κ3) is 3.47. The zero-order valence-corrected chi connectivity index (χ0v) is 15.0. The second-order valence-electron chi connectivity index (χ2n) is 6.09. The van der Waals surface area contributed by atoms with Gasteiger partial charge in [0.05, 0.1) is 18.6 Å². The van der Waals surface area contributed by atoms with E-state index < -0.39 is 11.5 Å². The quantitative estimate of drug-likeness (QED) is 0.796. The summed E-state index contributed by atoms with van der Waals surface area (Å²) in [4.78, 5) is 12.6. The molecule has 24 heavy (non-hydrogen) atoms. The zero-order valence-electron chi connectivity index (χ0n) is 13.5. The summed E-state index contributed by atoms with van der Waals surface area (Å²) in [6.45, 7) is 0.198. The summed E-state index contributed by atoms with van der Waals surface area (Å²) < 4.78 is 6.10. The van der Waals surface area contributed by atoms with Crippen molar-refractivity contribution in [3.05, 3.63) is 64.1 Å². The van der Waals surface area contributed by atoms with Crippen LogP contribution in [0.5, 0.6) is 5.75 Å². The van der Waals surface area contributed by atoms with Gasteiger partial charge in [0.1, 0.15) is 5.75 Å². The summed E-state index contributed by atoms with van der Waals surface area (Å²) in [6.07, 6.45) is 0.957. The van der Waals surface area contributed by atoms with Gasteiger partial charge in [0.15, 0.2) is 0 Å². The number of carbonyl (C=O) groups excluding carboxylic acids is 1. The van der Waals surface area contributed by atoms with Gasteiger partial charge in [-0.2, -0.15) is 0 Å². The number of nitrogens with one attached hydrogen (secondary N) is 1. The molecule has 1 aliphatic rings.